The van der Waals surface area contributed by atoms with Crippen LogP contribution in [0.3, 0.4) is 0 Å². The van der Waals surface area contributed by atoms with Gasteiger partial charge in [-0.3, -0.25) is 4.79 Å². The quantitative estimate of drug-likeness (QED) is 0.781. The molecule has 0 aliphatic carbocycles. The first kappa shape index (κ1) is 11.6. The molecule has 0 saturated heterocycles. The molecule has 4 heteroatoms. The van der Waals surface area contributed by atoms with Gasteiger partial charge in [0.1, 0.15) is 17.1 Å². The summed E-state index contributed by atoms with van der Waals surface area (Å²) in [5.74, 6) is 1.19. The lowest BCUT2D eigenvalue weighted by molar-refractivity contribution is 0.0948. The SMILES string of the molecule is Cc1oc2ccccc2c1C(=O)NCc1ccco1. The molecule has 2 heterocycles. The van der Waals surface area contributed by atoms with Crippen LogP contribution in [0.1, 0.15) is 21.9 Å². The van der Waals surface area contributed by atoms with Gasteiger partial charge in [0, 0.05) is 5.39 Å². The zero-order valence-electron chi connectivity index (χ0n) is 10.5. The first-order valence-corrected chi connectivity index (χ1v) is 6.04. The van der Waals surface area contributed by atoms with Crippen LogP contribution in [0.2, 0.25) is 0 Å². The number of furan rings is 2. The van der Waals surface area contributed by atoms with Gasteiger partial charge in [-0.05, 0) is 25.1 Å². The van der Waals surface area contributed by atoms with Crippen LogP contribution < -0.4 is 5.32 Å². The molecule has 0 atom stereocenters. The molecule has 1 aromatic carbocycles. The summed E-state index contributed by atoms with van der Waals surface area (Å²) in [5.41, 5.74) is 1.31. The normalized spacial score (nSPS) is 10.8. The Morgan fingerprint density at radius 2 is 2.05 bits per heavy atom. The van der Waals surface area contributed by atoms with Gasteiger partial charge < -0.3 is 14.2 Å². The number of hydrogen-bond acceptors (Lipinski definition) is 3. The summed E-state index contributed by atoms with van der Waals surface area (Å²) < 4.78 is 10.8. The van der Waals surface area contributed by atoms with Crippen molar-refractivity contribution in [2.24, 2.45) is 0 Å². The van der Waals surface area contributed by atoms with Crippen LogP contribution in [0, 0.1) is 6.92 Å². The molecule has 0 bridgehead atoms. The Morgan fingerprint density at radius 1 is 1.21 bits per heavy atom. The second-order valence-corrected chi connectivity index (χ2v) is 4.29. The number of hydrogen-bond donors (Lipinski definition) is 1. The highest BCUT2D eigenvalue weighted by Crippen LogP contribution is 2.25. The number of benzene rings is 1. The summed E-state index contributed by atoms with van der Waals surface area (Å²) in [5, 5.41) is 3.66. The van der Waals surface area contributed by atoms with Crippen LogP contribution in [0.4, 0.5) is 0 Å². The Bertz CT molecular complexity index is 710. The number of fused-ring (bicyclic) bond motifs is 1. The summed E-state index contributed by atoms with van der Waals surface area (Å²) in [6.07, 6.45) is 1.58. The summed E-state index contributed by atoms with van der Waals surface area (Å²) in [6.45, 7) is 2.16. The Balaban J connectivity index is 1.87. The molecule has 4 nitrogen and oxygen atoms in total. The van der Waals surface area contributed by atoms with Crippen molar-refractivity contribution in [1.29, 1.82) is 0 Å². The fourth-order valence-electron chi connectivity index (χ4n) is 2.12. The van der Waals surface area contributed by atoms with E-state index in [1.807, 2.05) is 30.3 Å². The highest BCUT2D eigenvalue weighted by molar-refractivity contribution is 6.07. The maximum absolute atomic E-state index is 12.2. The minimum Gasteiger partial charge on any atom is -0.467 e. The molecule has 0 spiro atoms. The van der Waals surface area contributed by atoms with Crippen molar-refractivity contribution in [3.8, 4) is 0 Å². The number of aryl methyl sites for hydroxylation is 1. The fourth-order valence-corrected chi connectivity index (χ4v) is 2.12. The molecule has 0 aliphatic heterocycles. The zero-order valence-corrected chi connectivity index (χ0v) is 10.5. The fraction of sp³-hybridized carbons (Fsp3) is 0.133. The van der Waals surface area contributed by atoms with Crippen molar-refractivity contribution in [3.63, 3.8) is 0 Å². The van der Waals surface area contributed by atoms with Gasteiger partial charge in [0.25, 0.3) is 5.91 Å². The Kier molecular flexibility index (Phi) is 2.83. The highest BCUT2D eigenvalue weighted by atomic mass is 16.3. The Labute approximate surface area is 110 Å². The van der Waals surface area contributed by atoms with Gasteiger partial charge in [0.2, 0.25) is 0 Å². The van der Waals surface area contributed by atoms with Gasteiger partial charge in [-0.15, -0.1) is 0 Å². The zero-order chi connectivity index (χ0) is 13.2. The van der Waals surface area contributed by atoms with E-state index < -0.39 is 0 Å². The molecule has 0 radical (unpaired) electrons. The summed E-state index contributed by atoms with van der Waals surface area (Å²) in [7, 11) is 0. The third kappa shape index (κ3) is 2.12. The number of nitrogens with one attached hydrogen (secondary N) is 1. The van der Waals surface area contributed by atoms with Crippen LogP contribution >= 0.6 is 0 Å². The maximum atomic E-state index is 12.2. The molecule has 1 N–H and O–H groups in total. The van der Waals surface area contributed by atoms with Crippen LogP contribution in [0.25, 0.3) is 11.0 Å². The molecule has 0 aliphatic rings. The summed E-state index contributed by atoms with van der Waals surface area (Å²) in [6, 6.07) is 11.1. The first-order valence-electron chi connectivity index (χ1n) is 6.04. The molecule has 0 unspecified atom stereocenters. The van der Waals surface area contributed by atoms with Gasteiger partial charge in [-0.25, -0.2) is 0 Å². The lowest BCUT2D eigenvalue weighted by Gasteiger charge is -2.02. The van der Waals surface area contributed by atoms with Gasteiger partial charge in [0.05, 0.1) is 18.4 Å². The molecular weight excluding hydrogens is 242 g/mol. The number of amides is 1. The largest absolute Gasteiger partial charge is 0.467 e. The predicted molar refractivity (Wildman–Crippen MR) is 70.8 cm³/mol. The standard InChI is InChI=1S/C15H13NO3/c1-10-14(12-6-2-3-7-13(12)19-10)15(17)16-9-11-5-4-8-18-11/h2-8H,9H2,1H3,(H,16,17). The van der Waals surface area contributed by atoms with Crippen molar-refractivity contribution >= 4 is 16.9 Å². The summed E-state index contributed by atoms with van der Waals surface area (Å²) >= 11 is 0. The number of carbonyl (C=O) groups excluding carboxylic acids is 1. The van der Waals surface area contributed by atoms with Crippen LogP contribution in [-0.4, -0.2) is 5.91 Å². The Hall–Kier alpha value is -2.49. The molecule has 0 fully saturated rings. The first-order chi connectivity index (χ1) is 9.25. The van der Waals surface area contributed by atoms with Crippen molar-refractivity contribution in [3.05, 3.63) is 59.7 Å². The second kappa shape index (κ2) is 4.65. The monoisotopic (exact) mass is 255 g/mol. The van der Waals surface area contributed by atoms with E-state index in [1.165, 1.54) is 0 Å². The van der Waals surface area contributed by atoms with E-state index in [4.69, 9.17) is 8.83 Å². The average Bonchev–Trinajstić information content (AvgIpc) is 3.02. The van der Waals surface area contributed by atoms with Crippen molar-refractivity contribution in [2.75, 3.05) is 0 Å². The van der Waals surface area contributed by atoms with Gasteiger partial charge in [0.15, 0.2) is 0 Å². The molecule has 19 heavy (non-hydrogen) atoms. The lowest BCUT2D eigenvalue weighted by Crippen LogP contribution is -2.22. The van der Waals surface area contributed by atoms with Gasteiger partial charge in [-0.2, -0.15) is 0 Å². The molecular formula is C15H13NO3. The van der Waals surface area contributed by atoms with Crippen molar-refractivity contribution in [1.82, 2.24) is 5.32 Å². The van der Waals surface area contributed by atoms with Crippen LogP contribution in [0.5, 0.6) is 0 Å². The predicted octanol–water partition coefficient (Wildman–Crippen LogP) is 3.26. The number of para-hydroxylation sites is 1. The molecule has 3 aromatic rings. The lowest BCUT2D eigenvalue weighted by atomic mass is 10.1. The van der Waals surface area contributed by atoms with Crippen LogP contribution in [-0.2, 0) is 6.54 Å². The smallest absolute Gasteiger partial charge is 0.255 e. The van der Waals surface area contributed by atoms with E-state index in [2.05, 4.69) is 5.32 Å². The van der Waals surface area contributed by atoms with E-state index >= 15 is 0 Å². The molecule has 96 valence electrons. The topological polar surface area (TPSA) is 55.4 Å². The number of carbonyl (C=O) groups is 1. The minimum absolute atomic E-state index is 0.154. The third-order valence-corrected chi connectivity index (χ3v) is 3.00. The van der Waals surface area contributed by atoms with Crippen molar-refractivity contribution in [2.45, 2.75) is 13.5 Å². The molecule has 2 aromatic heterocycles. The van der Waals surface area contributed by atoms with E-state index in [0.717, 1.165) is 16.7 Å². The van der Waals surface area contributed by atoms with Crippen molar-refractivity contribution < 1.29 is 13.6 Å². The average molecular weight is 255 g/mol. The minimum atomic E-state index is -0.154. The van der Waals surface area contributed by atoms with Gasteiger partial charge >= 0.3 is 0 Å². The van der Waals surface area contributed by atoms with E-state index in [1.54, 1.807) is 19.3 Å². The summed E-state index contributed by atoms with van der Waals surface area (Å²) in [4.78, 5) is 12.2. The van der Waals surface area contributed by atoms with Gasteiger partial charge in [-0.1, -0.05) is 18.2 Å². The number of rotatable bonds is 3. The molecule has 1 amide bonds. The second-order valence-electron chi connectivity index (χ2n) is 4.29. The Morgan fingerprint density at radius 3 is 2.84 bits per heavy atom. The molecule has 3 rings (SSSR count). The van der Waals surface area contributed by atoms with E-state index in [9.17, 15) is 4.79 Å². The van der Waals surface area contributed by atoms with Crippen LogP contribution in [0.15, 0.2) is 51.5 Å². The van der Waals surface area contributed by atoms with E-state index in [-0.39, 0.29) is 5.91 Å². The maximum Gasteiger partial charge on any atom is 0.255 e. The van der Waals surface area contributed by atoms with E-state index in [0.29, 0.717) is 17.9 Å². The highest BCUT2D eigenvalue weighted by Gasteiger charge is 2.17. The third-order valence-electron chi connectivity index (χ3n) is 3.00. The molecule has 0 saturated carbocycles.